The Morgan fingerprint density at radius 2 is 1.50 bits per heavy atom. The molecule has 5 nitrogen and oxygen atoms in total. The maximum Gasteiger partial charge on any atom is 0.111 e. The summed E-state index contributed by atoms with van der Waals surface area (Å²) in [7, 11) is 1.46. The van der Waals surface area contributed by atoms with Crippen molar-refractivity contribution in [3.05, 3.63) is 0 Å². The molecule has 4 atom stereocenters. The smallest absolute Gasteiger partial charge is 0.111 e. The van der Waals surface area contributed by atoms with E-state index in [0.717, 1.165) is 11.5 Å². The third-order valence-corrected chi connectivity index (χ3v) is 5.15. The molecule has 0 aliphatic rings. The van der Waals surface area contributed by atoms with Crippen LogP contribution in [0, 0.1) is 0 Å². The van der Waals surface area contributed by atoms with Gasteiger partial charge in [0.1, 0.15) is 24.4 Å². The SMILES string of the molecule is CCSC(SCC)[C@H](OC)[C@@H](O)[C@H](O)[C@H](O)CO. The fraction of sp³-hybridized carbons (Fsp3) is 1.00. The van der Waals surface area contributed by atoms with Crippen molar-refractivity contribution in [2.24, 2.45) is 0 Å². The molecule has 110 valence electrons. The van der Waals surface area contributed by atoms with Crippen LogP contribution in [0.15, 0.2) is 0 Å². The van der Waals surface area contributed by atoms with Crippen molar-refractivity contribution in [1.29, 1.82) is 0 Å². The maximum atomic E-state index is 10.0. The Morgan fingerprint density at radius 3 is 1.83 bits per heavy atom. The van der Waals surface area contributed by atoms with E-state index < -0.39 is 31.0 Å². The van der Waals surface area contributed by atoms with Crippen molar-refractivity contribution in [2.75, 3.05) is 25.2 Å². The molecule has 0 amide bonds. The molecule has 0 radical (unpaired) electrons. The minimum atomic E-state index is -1.42. The van der Waals surface area contributed by atoms with Crippen LogP contribution < -0.4 is 0 Å². The van der Waals surface area contributed by atoms with E-state index in [4.69, 9.17) is 9.84 Å². The fourth-order valence-electron chi connectivity index (χ4n) is 1.51. The number of thioether (sulfide) groups is 2. The van der Waals surface area contributed by atoms with Crippen LogP contribution in [0.3, 0.4) is 0 Å². The molecule has 0 saturated heterocycles. The summed E-state index contributed by atoms with van der Waals surface area (Å²) in [5.41, 5.74) is 0. The summed E-state index contributed by atoms with van der Waals surface area (Å²) in [4.78, 5) is 0. The summed E-state index contributed by atoms with van der Waals surface area (Å²) in [6.07, 6.45) is -4.62. The normalized spacial score (nSPS) is 18.7. The van der Waals surface area contributed by atoms with Gasteiger partial charge in [-0.1, -0.05) is 13.8 Å². The lowest BCUT2D eigenvalue weighted by atomic mass is 10.0. The quantitative estimate of drug-likeness (QED) is 0.419. The predicted octanol–water partition coefficient (Wildman–Crippen LogP) is -0.0913. The molecule has 0 aliphatic carbocycles. The summed E-state index contributed by atoms with van der Waals surface area (Å²) in [5, 5.41) is 37.9. The van der Waals surface area contributed by atoms with Crippen LogP contribution in [0.1, 0.15) is 13.8 Å². The Bertz CT molecular complexity index is 202. The van der Waals surface area contributed by atoms with Gasteiger partial charge in [0.2, 0.25) is 0 Å². The summed E-state index contributed by atoms with van der Waals surface area (Å²) < 4.78 is 5.22. The van der Waals surface area contributed by atoms with Crippen LogP contribution in [0.25, 0.3) is 0 Å². The van der Waals surface area contributed by atoms with Gasteiger partial charge in [0, 0.05) is 7.11 Å². The highest BCUT2D eigenvalue weighted by Crippen LogP contribution is 2.30. The van der Waals surface area contributed by atoms with Gasteiger partial charge in [0.05, 0.1) is 11.2 Å². The summed E-state index contributed by atoms with van der Waals surface area (Å²) in [6, 6.07) is 0. The first-order valence-electron chi connectivity index (χ1n) is 5.94. The summed E-state index contributed by atoms with van der Waals surface area (Å²) >= 11 is 3.24. The molecule has 0 bridgehead atoms. The van der Waals surface area contributed by atoms with Gasteiger partial charge in [-0.25, -0.2) is 0 Å². The number of aliphatic hydroxyl groups excluding tert-OH is 4. The van der Waals surface area contributed by atoms with Crippen molar-refractivity contribution in [1.82, 2.24) is 0 Å². The van der Waals surface area contributed by atoms with E-state index in [0.29, 0.717) is 0 Å². The van der Waals surface area contributed by atoms with Gasteiger partial charge in [0.15, 0.2) is 0 Å². The van der Waals surface area contributed by atoms with Gasteiger partial charge in [0.25, 0.3) is 0 Å². The second kappa shape index (κ2) is 10.3. The first-order chi connectivity index (χ1) is 8.53. The Kier molecular flexibility index (Phi) is 10.6. The third kappa shape index (κ3) is 5.64. The lowest BCUT2D eigenvalue weighted by Gasteiger charge is -2.32. The Balaban J connectivity index is 4.69. The zero-order valence-electron chi connectivity index (χ0n) is 11.0. The van der Waals surface area contributed by atoms with Crippen LogP contribution in [0.2, 0.25) is 0 Å². The van der Waals surface area contributed by atoms with Crippen molar-refractivity contribution < 1.29 is 25.2 Å². The monoisotopic (exact) mass is 300 g/mol. The Morgan fingerprint density at radius 1 is 1.00 bits per heavy atom. The first-order valence-corrected chi connectivity index (χ1v) is 8.04. The van der Waals surface area contributed by atoms with Crippen LogP contribution in [0.5, 0.6) is 0 Å². The third-order valence-electron chi connectivity index (χ3n) is 2.47. The van der Waals surface area contributed by atoms with E-state index in [9.17, 15) is 15.3 Å². The highest BCUT2D eigenvalue weighted by molar-refractivity contribution is 8.17. The van der Waals surface area contributed by atoms with Crippen molar-refractivity contribution in [3.8, 4) is 0 Å². The number of ether oxygens (including phenoxy) is 1. The highest BCUT2D eigenvalue weighted by Gasteiger charge is 2.36. The minimum absolute atomic E-state index is 0.0273. The zero-order chi connectivity index (χ0) is 14.1. The summed E-state index contributed by atoms with van der Waals surface area (Å²) in [5.74, 6) is 1.73. The highest BCUT2D eigenvalue weighted by atomic mass is 32.2. The van der Waals surface area contributed by atoms with Crippen LogP contribution in [-0.2, 0) is 4.74 Å². The Hall–Kier alpha value is 0.500. The molecule has 0 saturated carbocycles. The van der Waals surface area contributed by atoms with E-state index in [2.05, 4.69) is 0 Å². The fourth-order valence-corrected chi connectivity index (χ4v) is 4.29. The molecule has 0 spiro atoms. The van der Waals surface area contributed by atoms with E-state index in [-0.39, 0.29) is 4.58 Å². The van der Waals surface area contributed by atoms with Crippen molar-refractivity contribution in [3.63, 3.8) is 0 Å². The second-order valence-electron chi connectivity index (χ2n) is 3.71. The van der Waals surface area contributed by atoms with Gasteiger partial charge < -0.3 is 25.2 Å². The molecule has 7 heteroatoms. The van der Waals surface area contributed by atoms with Gasteiger partial charge >= 0.3 is 0 Å². The molecule has 0 rings (SSSR count). The van der Waals surface area contributed by atoms with Crippen LogP contribution in [0.4, 0.5) is 0 Å². The molecular weight excluding hydrogens is 276 g/mol. The zero-order valence-corrected chi connectivity index (χ0v) is 12.7. The number of methoxy groups -OCH3 is 1. The summed E-state index contributed by atoms with van der Waals surface area (Å²) in [6.45, 7) is 3.42. The second-order valence-corrected chi connectivity index (χ2v) is 6.85. The van der Waals surface area contributed by atoms with Crippen molar-refractivity contribution in [2.45, 2.75) is 42.8 Å². The number of rotatable bonds is 10. The van der Waals surface area contributed by atoms with E-state index in [1.54, 1.807) is 23.5 Å². The topological polar surface area (TPSA) is 90.2 Å². The maximum absolute atomic E-state index is 10.0. The molecule has 0 unspecified atom stereocenters. The molecule has 0 aliphatic heterocycles. The van der Waals surface area contributed by atoms with Crippen LogP contribution >= 0.6 is 23.5 Å². The molecule has 0 heterocycles. The van der Waals surface area contributed by atoms with E-state index in [1.165, 1.54) is 7.11 Å². The largest absolute Gasteiger partial charge is 0.394 e. The molecule has 18 heavy (non-hydrogen) atoms. The number of aliphatic hydroxyl groups is 4. The number of hydrogen-bond donors (Lipinski definition) is 4. The minimum Gasteiger partial charge on any atom is -0.394 e. The van der Waals surface area contributed by atoms with Crippen LogP contribution in [-0.4, -0.2) is 74.6 Å². The Labute approximate surface area is 117 Å². The van der Waals surface area contributed by atoms with Gasteiger partial charge in [-0.3, -0.25) is 0 Å². The molecule has 0 aromatic rings. The molecule has 0 aromatic carbocycles. The average Bonchev–Trinajstić information content (AvgIpc) is 2.38. The van der Waals surface area contributed by atoms with Gasteiger partial charge in [-0.2, -0.15) is 0 Å². The average molecular weight is 300 g/mol. The van der Waals surface area contributed by atoms with Crippen molar-refractivity contribution >= 4 is 23.5 Å². The number of hydrogen-bond acceptors (Lipinski definition) is 7. The molecule has 4 N–H and O–H groups in total. The predicted molar refractivity (Wildman–Crippen MR) is 76.0 cm³/mol. The first kappa shape index (κ1) is 18.5. The molecule has 0 fully saturated rings. The van der Waals surface area contributed by atoms with E-state index >= 15 is 0 Å². The van der Waals surface area contributed by atoms with Gasteiger partial charge in [-0.05, 0) is 11.5 Å². The standard InChI is InChI=1S/C11H24O5S2/c1-4-17-11(18-5-2)10(16-3)9(15)8(14)7(13)6-12/h7-15H,4-6H2,1-3H3/t7-,8-,9+,10-/m1/s1. The lowest BCUT2D eigenvalue weighted by Crippen LogP contribution is -2.49. The molecule has 0 aromatic heterocycles. The van der Waals surface area contributed by atoms with E-state index in [1.807, 2.05) is 13.8 Å². The lowest BCUT2D eigenvalue weighted by molar-refractivity contribution is -0.119. The van der Waals surface area contributed by atoms with Gasteiger partial charge in [-0.15, -0.1) is 23.5 Å². The molecular formula is C11H24O5S2.